The molecular formula is C18H20N6O3. The Bertz CT molecular complexity index is 991. The molecule has 27 heavy (non-hydrogen) atoms. The molecule has 1 atom stereocenters. The van der Waals surface area contributed by atoms with Crippen LogP contribution in [-0.2, 0) is 11.3 Å². The second-order valence-electron chi connectivity index (χ2n) is 6.43. The number of carbonyl (C=O) groups is 1. The van der Waals surface area contributed by atoms with Gasteiger partial charge in [-0.25, -0.2) is 0 Å². The second kappa shape index (κ2) is 7.40. The quantitative estimate of drug-likeness (QED) is 0.532. The van der Waals surface area contributed by atoms with Crippen molar-refractivity contribution in [2.45, 2.75) is 33.4 Å². The number of nitrogens with zero attached hydrogens (tertiary/aromatic N) is 5. The molecule has 1 N–H and O–H groups in total. The van der Waals surface area contributed by atoms with Crippen LogP contribution >= 0.6 is 0 Å². The highest BCUT2D eigenvalue weighted by atomic mass is 16.6. The van der Waals surface area contributed by atoms with E-state index in [-0.39, 0.29) is 11.7 Å². The van der Waals surface area contributed by atoms with Gasteiger partial charge in [0.1, 0.15) is 6.04 Å². The van der Waals surface area contributed by atoms with Gasteiger partial charge in [0.05, 0.1) is 35.3 Å². The summed E-state index contributed by atoms with van der Waals surface area (Å²) in [6, 6.07) is 8.76. The lowest BCUT2D eigenvalue weighted by Gasteiger charge is -2.10. The van der Waals surface area contributed by atoms with Gasteiger partial charge in [-0.2, -0.15) is 9.78 Å². The lowest BCUT2D eigenvalue weighted by molar-refractivity contribution is -0.389. The third-order valence-corrected chi connectivity index (χ3v) is 4.17. The van der Waals surface area contributed by atoms with Gasteiger partial charge >= 0.3 is 5.82 Å². The van der Waals surface area contributed by atoms with E-state index >= 15 is 0 Å². The van der Waals surface area contributed by atoms with Gasteiger partial charge in [0.2, 0.25) is 0 Å². The number of aromatic nitrogens is 4. The van der Waals surface area contributed by atoms with Crippen molar-refractivity contribution in [3.8, 4) is 0 Å². The number of hydrogen-bond acceptors (Lipinski definition) is 5. The van der Waals surface area contributed by atoms with Gasteiger partial charge in [0.15, 0.2) is 0 Å². The molecule has 1 amide bonds. The zero-order valence-corrected chi connectivity index (χ0v) is 15.3. The van der Waals surface area contributed by atoms with Crippen molar-refractivity contribution in [3.05, 3.63) is 69.7 Å². The molecule has 0 aliphatic carbocycles. The third kappa shape index (κ3) is 4.20. The first-order valence-corrected chi connectivity index (χ1v) is 8.43. The summed E-state index contributed by atoms with van der Waals surface area (Å²) >= 11 is 0. The van der Waals surface area contributed by atoms with Crippen molar-refractivity contribution < 1.29 is 9.72 Å². The molecule has 3 aromatic rings. The van der Waals surface area contributed by atoms with E-state index in [9.17, 15) is 14.9 Å². The fourth-order valence-corrected chi connectivity index (χ4v) is 2.82. The maximum atomic E-state index is 12.5. The number of hydrogen-bond donors (Lipinski definition) is 1. The Kier molecular flexibility index (Phi) is 5.02. The molecule has 0 radical (unpaired) electrons. The third-order valence-electron chi connectivity index (χ3n) is 4.17. The number of carbonyl (C=O) groups excluding carboxylic acids is 1. The largest absolute Gasteiger partial charge is 0.390 e. The van der Waals surface area contributed by atoms with Gasteiger partial charge in [-0.3, -0.25) is 9.48 Å². The second-order valence-corrected chi connectivity index (χ2v) is 6.43. The number of rotatable bonds is 6. The average Bonchev–Trinajstić information content (AvgIpc) is 3.20. The van der Waals surface area contributed by atoms with Crippen molar-refractivity contribution in [2.75, 3.05) is 5.32 Å². The van der Waals surface area contributed by atoms with Crippen LogP contribution in [-0.4, -0.2) is 30.4 Å². The zero-order valence-electron chi connectivity index (χ0n) is 15.3. The number of nitro groups is 1. The summed E-state index contributed by atoms with van der Waals surface area (Å²) in [5.41, 5.74) is 3.38. The Labute approximate surface area is 155 Å². The van der Waals surface area contributed by atoms with Gasteiger partial charge in [-0.1, -0.05) is 29.8 Å². The summed E-state index contributed by atoms with van der Waals surface area (Å²) in [5, 5.41) is 21.8. The molecule has 9 nitrogen and oxygen atoms in total. The molecule has 0 spiro atoms. The van der Waals surface area contributed by atoms with Crippen LogP contribution in [0.2, 0.25) is 0 Å². The molecule has 1 unspecified atom stereocenters. The predicted octanol–water partition coefficient (Wildman–Crippen LogP) is 2.85. The topological polar surface area (TPSA) is 108 Å². The number of nitrogens with one attached hydrogen (secondary N) is 1. The van der Waals surface area contributed by atoms with Gasteiger partial charge in [0.25, 0.3) is 5.91 Å². The summed E-state index contributed by atoms with van der Waals surface area (Å²) in [7, 11) is 0. The number of aryl methyl sites for hydroxylation is 2. The Balaban J connectivity index is 1.67. The van der Waals surface area contributed by atoms with Gasteiger partial charge in [-0.15, -0.1) is 0 Å². The normalized spacial score (nSPS) is 12.0. The maximum Gasteiger partial charge on any atom is 0.390 e. The molecule has 3 rings (SSSR count). The Morgan fingerprint density at radius 2 is 2.11 bits per heavy atom. The minimum absolute atomic E-state index is 0.280. The molecule has 1 aromatic carbocycles. The average molecular weight is 368 g/mol. The van der Waals surface area contributed by atoms with E-state index in [2.05, 4.69) is 21.6 Å². The molecule has 0 fully saturated rings. The molecule has 9 heteroatoms. The van der Waals surface area contributed by atoms with Crippen LogP contribution in [0.5, 0.6) is 0 Å². The molecule has 0 aliphatic rings. The van der Waals surface area contributed by atoms with Gasteiger partial charge in [0, 0.05) is 6.20 Å². The highest BCUT2D eigenvalue weighted by Crippen LogP contribution is 2.18. The number of benzene rings is 1. The van der Waals surface area contributed by atoms with Gasteiger partial charge in [-0.05, 0) is 31.3 Å². The maximum absolute atomic E-state index is 12.5. The van der Waals surface area contributed by atoms with E-state index in [0.717, 1.165) is 5.56 Å². The van der Waals surface area contributed by atoms with E-state index in [1.807, 2.05) is 25.1 Å². The van der Waals surface area contributed by atoms with E-state index in [1.54, 1.807) is 30.9 Å². The van der Waals surface area contributed by atoms with E-state index in [0.29, 0.717) is 17.9 Å². The molecule has 2 heterocycles. The molecule has 0 bridgehead atoms. The van der Waals surface area contributed by atoms with Crippen LogP contribution in [0.15, 0.2) is 42.7 Å². The smallest absolute Gasteiger partial charge is 0.358 e. The molecule has 2 aromatic heterocycles. The number of anilines is 1. The fourth-order valence-electron chi connectivity index (χ4n) is 2.82. The molecule has 140 valence electrons. The van der Waals surface area contributed by atoms with Crippen molar-refractivity contribution in [3.63, 3.8) is 0 Å². The van der Waals surface area contributed by atoms with Crippen molar-refractivity contribution >= 4 is 17.4 Å². The van der Waals surface area contributed by atoms with Gasteiger partial charge < -0.3 is 15.4 Å². The highest BCUT2D eigenvalue weighted by molar-refractivity contribution is 5.93. The van der Waals surface area contributed by atoms with E-state index < -0.39 is 11.0 Å². The summed E-state index contributed by atoms with van der Waals surface area (Å²) < 4.78 is 3.07. The van der Waals surface area contributed by atoms with E-state index in [1.165, 1.54) is 16.3 Å². The molecule has 0 aliphatic heterocycles. The minimum Gasteiger partial charge on any atom is -0.358 e. The van der Waals surface area contributed by atoms with Crippen LogP contribution in [0.1, 0.15) is 29.8 Å². The number of amides is 1. The monoisotopic (exact) mass is 368 g/mol. The Morgan fingerprint density at radius 3 is 2.78 bits per heavy atom. The SMILES string of the molecule is Cc1cccc(Cn2cc(NC(=O)C(C)n3nc([N+](=O)[O-])cc3C)cn2)c1. The lowest BCUT2D eigenvalue weighted by atomic mass is 10.1. The first kappa shape index (κ1) is 18.3. The van der Waals surface area contributed by atoms with E-state index in [4.69, 9.17) is 0 Å². The highest BCUT2D eigenvalue weighted by Gasteiger charge is 2.24. The van der Waals surface area contributed by atoms with Crippen LogP contribution in [0.25, 0.3) is 0 Å². The van der Waals surface area contributed by atoms with Crippen molar-refractivity contribution in [1.29, 1.82) is 0 Å². The van der Waals surface area contributed by atoms with Crippen LogP contribution in [0, 0.1) is 24.0 Å². The standard InChI is InChI=1S/C18H20N6O3/c1-12-5-4-6-15(7-12)10-22-11-16(9-19-22)20-18(25)14(3)23-13(2)8-17(21-23)24(26)27/h4-9,11,14H,10H2,1-3H3,(H,20,25). The minimum atomic E-state index is -0.696. The van der Waals surface area contributed by atoms with Crippen molar-refractivity contribution in [2.24, 2.45) is 0 Å². The van der Waals surface area contributed by atoms with Crippen LogP contribution < -0.4 is 5.32 Å². The molecular weight excluding hydrogens is 348 g/mol. The zero-order chi connectivity index (χ0) is 19.6. The molecule has 0 saturated carbocycles. The Morgan fingerprint density at radius 1 is 1.33 bits per heavy atom. The first-order valence-electron chi connectivity index (χ1n) is 8.43. The lowest BCUT2D eigenvalue weighted by Crippen LogP contribution is -2.25. The first-order chi connectivity index (χ1) is 12.8. The Hall–Kier alpha value is -3.49. The van der Waals surface area contributed by atoms with Crippen LogP contribution in [0.3, 0.4) is 0 Å². The summed E-state index contributed by atoms with van der Waals surface area (Å²) in [5.74, 6) is -0.607. The summed E-state index contributed by atoms with van der Waals surface area (Å²) in [4.78, 5) is 22.7. The fraction of sp³-hybridized carbons (Fsp3) is 0.278. The van der Waals surface area contributed by atoms with Crippen molar-refractivity contribution in [1.82, 2.24) is 19.6 Å². The summed E-state index contributed by atoms with van der Waals surface area (Å²) in [6.07, 6.45) is 3.31. The predicted molar refractivity (Wildman–Crippen MR) is 99.5 cm³/mol. The summed E-state index contributed by atoms with van der Waals surface area (Å²) in [6.45, 7) is 5.93. The molecule has 0 saturated heterocycles. The van der Waals surface area contributed by atoms with Crippen LogP contribution in [0.4, 0.5) is 11.5 Å².